The van der Waals surface area contributed by atoms with Crippen LogP contribution in [0.3, 0.4) is 0 Å². The summed E-state index contributed by atoms with van der Waals surface area (Å²) < 4.78 is 92.6. The maximum absolute atomic E-state index is 13.0. The number of hydrogen-bond acceptors (Lipinski definition) is 9. The van der Waals surface area contributed by atoms with Gasteiger partial charge in [0.25, 0.3) is 30.3 Å². The molecule has 17 heteroatoms. The Labute approximate surface area is 250 Å². The van der Waals surface area contributed by atoms with Gasteiger partial charge in [-0.2, -0.15) is 16.8 Å². The van der Waals surface area contributed by atoms with Crippen molar-refractivity contribution in [3.8, 4) is 11.5 Å². The number of phenols is 2. The van der Waals surface area contributed by atoms with Gasteiger partial charge in [0.05, 0.1) is 20.4 Å². The van der Waals surface area contributed by atoms with Gasteiger partial charge in [0.1, 0.15) is 11.5 Å². The minimum absolute atomic E-state index is 0.162. The molecule has 0 saturated carbocycles. The highest BCUT2D eigenvalue weighted by atomic mass is 32.2. The molecule has 0 aliphatic carbocycles. The van der Waals surface area contributed by atoms with Crippen LogP contribution in [0.5, 0.6) is 11.5 Å². The molecule has 0 fully saturated rings. The molecule has 0 unspecified atom stereocenters. The summed E-state index contributed by atoms with van der Waals surface area (Å²) >= 11 is 0. The molecule has 0 atom stereocenters. The summed E-state index contributed by atoms with van der Waals surface area (Å²) in [6.45, 7) is 0. The summed E-state index contributed by atoms with van der Waals surface area (Å²) in [6, 6.07) is 16.5. The lowest BCUT2D eigenvalue weighted by atomic mass is 10.1. The van der Waals surface area contributed by atoms with E-state index >= 15 is 0 Å². The molecule has 0 bridgehead atoms. The lowest BCUT2D eigenvalue weighted by molar-refractivity contribution is 0.262. The van der Waals surface area contributed by atoms with Crippen molar-refractivity contribution >= 4 is 74.9 Å². The summed E-state index contributed by atoms with van der Waals surface area (Å²) in [5.74, 6) is -0.789. The van der Waals surface area contributed by atoms with Crippen LogP contribution < -0.4 is 15.4 Å². The third-order valence-electron chi connectivity index (χ3n) is 6.32. The SMILES string of the molecule is O=C(Nc1ccc2c(O)cc(S(=O)(=O)O)cc2c1)Nc1ccc2c(O)cc(S(=O)(=O)Nc3cccc(S(=O)(=O)O)c3)cc2c1. The van der Waals surface area contributed by atoms with E-state index < -0.39 is 57.6 Å². The van der Waals surface area contributed by atoms with Gasteiger partial charge >= 0.3 is 6.03 Å². The van der Waals surface area contributed by atoms with Gasteiger partial charge in [0.2, 0.25) is 0 Å². The first-order chi connectivity index (χ1) is 20.5. The Kier molecular flexibility index (Phi) is 7.60. The molecule has 0 radical (unpaired) electrons. The number of nitrogens with one attached hydrogen (secondary N) is 3. The fourth-order valence-electron chi connectivity index (χ4n) is 4.33. The maximum Gasteiger partial charge on any atom is 0.323 e. The topological polar surface area (TPSA) is 236 Å². The zero-order valence-corrected chi connectivity index (χ0v) is 24.4. The first-order valence-electron chi connectivity index (χ1n) is 12.2. The monoisotopic (exact) mass is 659 g/mol. The Morgan fingerprint density at radius 2 is 1.05 bits per heavy atom. The molecule has 0 aliphatic rings. The van der Waals surface area contributed by atoms with Crippen LogP contribution in [0.15, 0.2) is 99.6 Å². The minimum atomic E-state index is -4.60. The number of anilines is 3. The fraction of sp³-hybridized carbons (Fsp3) is 0. The third-order valence-corrected chi connectivity index (χ3v) is 9.36. The highest BCUT2D eigenvalue weighted by Crippen LogP contribution is 2.33. The van der Waals surface area contributed by atoms with Gasteiger partial charge in [-0.05, 0) is 77.5 Å². The normalized spacial score (nSPS) is 12.2. The summed E-state index contributed by atoms with van der Waals surface area (Å²) in [6.07, 6.45) is 0. The molecule has 14 nitrogen and oxygen atoms in total. The minimum Gasteiger partial charge on any atom is -0.507 e. The van der Waals surface area contributed by atoms with Gasteiger partial charge in [-0.15, -0.1) is 0 Å². The number of fused-ring (bicyclic) bond motifs is 2. The van der Waals surface area contributed by atoms with E-state index in [0.29, 0.717) is 0 Å². The molecule has 0 spiro atoms. The second kappa shape index (κ2) is 11.0. The summed E-state index contributed by atoms with van der Waals surface area (Å²) in [7, 11) is -13.5. The van der Waals surface area contributed by atoms with Gasteiger partial charge in [-0.25, -0.2) is 13.2 Å². The van der Waals surface area contributed by atoms with Crippen LogP contribution >= 0.6 is 0 Å². The number of carbonyl (C=O) groups is 1. The summed E-state index contributed by atoms with van der Waals surface area (Å²) in [4.78, 5) is 11.3. The van der Waals surface area contributed by atoms with Crippen molar-refractivity contribution in [1.29, 1.82) is 0 Å². The van der Waals surface area contributed by atoms with Gasteiger partial charge in [-0.1, -0.05) is 6.07 Å². The number of sulfonamides is 1. The summed E-state index contributed by atoms with van der Waals surface area (Å²) in [5, 5.41) is 26.7. The van der Waals surface area contributed by atoms with Crippen molar-refractivity contribution in [2.24, 2.45) is 0 Å². The standard InChI is InChI=1S/C27H21N3O11S3/c31-25-13-21(42(34,35)30-19-2-1-3-20(12-19)43(36,37)38)10-15-8-17(4-6-23(15)25)28-27(33)29-18-5-7-24-16(9-18)11-22(14-26(24)32)44(39,40)41/h1-14,30-32H,(H2,28,29,33)(H,36,37,38)(H,39,40,41). The van der Waals surface area contributed by atoms with E-state index in [0.717, 1.165) is 30.3 Å². The van der Waals surface area contributed by atoms with Gasteiger partial charge in [0, 0.05) is 34.3 Å². The number of rotatable bonds is 7. The molecular weight excluding hydrogens is 639 g/mol. The zero-order valence-electron chi connectivity index (χ0n) is 22.0. The molecular formula is C27H21N3O11S3. The molecule has 228 valence electrons. The average Bonchev–Trinajstić information content (AvgIpc) is 2.91. The maximum atomic E-state index is 13.0. The van der Waals surface area contributed by atoms with Crippen molar-refractivity contribution in [1.82, 2.24) is 0 Å². The Morgan fingerprint density at radius 3 is 1.57 bits per heavy atom. The molecule has 7 N–H and O–H groups in total. The number of amides is 2. The molecule has 5 rings (SSSR count). The highest BCUT2D eigenvalue weighted by Gasteiger charge is 2.19. The first-order valence-corrected chi connectivity index (χ1v) is 16.6. The van der Waals surface area contributed by atoms with E-state index in [1.165, 1.54) is 54.6 Å². The number of urea groups is 1. The van der Waals surface area contributed by atoms with Crippen LogP contribution in [-0.2, 0) is 30.3 Å². The van der Waals surface area contributed by atoms with Crippen LogP contribution in [0, 0.1) is 0 Å². The van der Waals surface area contributed by atoms with Crippen molar-refractivity contribution < 1.29 is 49.4 Å². The van der Waals surface area contributed by atoms with E-state index in [9.17, 15) is 49.4 Å². The number of carbonyl (C=O) groups excluding carboxylic acids is 1. The van der Waals surface area contributed by atoms with E-state index in [4.69, 9.17) is 0 Å². The molecule has 5 aromatic carbocycles. The molecule has 0 aromatic heterocycles. The largest absolute Gasteiger partial charge is 0.507 e. The van der Waals surface area contributed by atoms with Crippen LogP contribution in [-0.4, -0.2) is 50.6 Å². The van der Waals surface area contributed by atoms with Crippen LogP contribution in [0.25, 0.3) is 21.5 Å². The number of aromatic hydroxyl groups is 2. The molecule has 0 aliphatic heterocycles. The van der Waals surface area contributed by atoms with E-state index in [1.807, 2.05) is 0 Å². The number of hydrogen-bond donors (Lipinski definition) is 7. The highest BCUT2D eigenvalue weighted by molar-refractivity contribution is 7.92. The quantitative estimate of drug-likeness (QED) is 0.121. The second-order valence-electron chi connectivity index (χ2n) is 9.42. The second-order valence-corrected chi connectivity index (χ2v) is 13.9. The van der Waals surface area contributed by atoms with E-state index in [2.05, 4.69) is 15.4 Å². The molecule has 5 aromatic rings. The van der Waals surface area contributed by atoms with Crippen molar-refractivity contribution in [3.05, 3.63) is 84.9 Å². The smallest absolute Gasteiger partial charge is 0.323 e. The van der Waals surface area contributed by atoms with Crippen molar-refractivity contribution in [2.75, 3.05) is 15.4 Å². The average molecular weight is 660 g/mol. The molecule has 0 saturated heterocycles. The lowest BCUT2D eigenvalue weighted by Gasteiger charge is -2.12. The number of benzene rings is 5. The number of phenolic OH excluding ortho intramolecular Hbond substituents is 2. The van der Waals surface area contributed by atoms with Crippen LogP contribution in [0.4, 0.5) is 21.9 Å². The zero-order chi connectivity index (χ0) is 32.0. The summed E-state index contributed by atoms with van der Waals surface area (Å²) in [5.41, 5.74) is 0.243. The first kappa shape index (κ1) is 30.5. The molecule has 0 heterocycles. The van der Waals surface area contributed by atoms with Gasteiger partial charge in [-0.3, -0.25) is 13.8 Å². The van der Waals surface area contributed by atoms with Crippen molar-refractivity contribution in [2.45, 2.75) is 14.7 Å². The Bertz CT molecular complexity index is 2320. The molecule has 2 amide bonds. The van der Waals surface area contributed by atoms with Crippen LogP contribution in [0.2, 0.25) is 0 Å². The van der Waals surface area contributed by atoms with E-state index in [-0.39, 0.29) is 43.5 Å². The van der Waals surface area contributed by atoms with Crippen molar-refractivity contribution in [3.63, 3.8) is 0 Å². The Balaban J connectivity index is 1.39. The Morgan fingerprint density at radius 1 is 0.545 bits per heavy atom. The van der Waals surface area contributed by atoms with Gasteiger partial charge in [0.15, 0.2) is 0 Å². The van der Waals surface area contributed by atoms with Crippen LogP contribution in [0.1, 0.15) is 0 Å². The van der Waals surface area contributed by atoms with Gasteiger partial charge < -0.3 is 20.8 Å². The molecule has 44 heavy (non-hydrogen) atoms. The third kappa shape index (κ3) is 6.51. The fourth-order valence-corrected chi connectivity index (χ4v) is 6.50. The van der Waals surface area contributed by atoms with E-state index in [1.54, 1.807) is 0 Å². The lowest BCUT2D eigenvalue weighted by Crippen LogP contribution is -2.19. The Hall–Kier alpha value is -4.94. The predicted molar refractivity (Wildman–Crippen MR) is 161 cm³/mol. The predicted octanol–water partition coefficient (Wildman–Crippen LogP) is 4.34.